The van der Waals surface area contributed by atoms with Crippen molar-refractivity contribution in [3.63, 3.8) is 0 Å². The maximum absolute atomic E-state index is 13.2. The van der Waals surface area contributed by atoms with Gasteiger partial charge in [-0.1, -0.05) is 35.9 Å². The minimum Gasteiger partial charge on any atom is -0.489 e. The van der Waals surface area contributed by atoms with E-state index < -0.39 is 5.79 Å². The van der Waals surface area contributed by atoms with Crippen LogP contribution in [0.5, 0.6) is 5.75 Å². The number of ether oxygens (including phenoxy) is 3. The molecule has 3 aliphatic heterocycles. The standard InChI is InChI=1S/C26H32N2O4/c1-19-3-6-21(7-4-19)17-28-22(18-30-24-15-20(2)5-8-23(24)28)16-25(29)27-11-9-26(10-12-27)31-13-14-32-26/h3-8,15,22H,9-14,16-18H2,1-2H3/t22-/m1/s1. The summed E-state index contributed by atoms with van der Waals surface area (Å²) in [5, 5.41) is 0. The van der Waals surface area contributed by atoms with Gasteiger partial charge >= 0.3 is 0 Å². The molecule has 170 valence electrons. The largest absolute Gasteiger partial charge is 0.489 e. The zero-order valence-electron chi connectivity index (χ0n) is 19.0. The maximum Gasteiger partial charge on any atom is 0.224 e. The van der Waals surface area contributed by atoms with Gasteiger partial charge in [0.2, 0.25) is 5.91 Å². The van der Waals surface area contributed by atoms with Crippen molar-refractivity contribution in [1.82, 2.24) is 4.90 Å². The van der Waals surface area contributed by atoms with Gasteiger partial charge in [0.1, 0.15) is 12.4 Å². The van der Waals surface area contributed by atoms with E-state index in [1.807, 2.05) is 4.90 Å². The molecule has 2 aromatic carbocycles. The Labute approximate surface area is 190 Å². The molecule has 5 rings (SSSR count). The number of benzene rings is 2. The molecule has 0 aliphatic carbocycles. The van der Waals surface area contributed by atoms with E-state index in [2.05, 4.69) is 61.2 Å². The second-order valence-electron chi connectivity index (χ2n) is 9.24. The van der Waals surface area contributed by atoms with E-state index in [9.17, 15) is 4.79 Å². The van der Waals surface area contributed by atoms with Gasteiger partial charge in [-0.05, 0) is 37.1 Å². The highest BCUT2D eigenvalue weighted by molar-refractivity contribution is 5.78. The zero-order valence-corrected chi connectivity index (χ0v) is 19.0. The summed E-state index contributed by atoms with van der Waals surface area (Å²) in [5.74, 6) is 0.617. The van der Waals surface area contributed by atoms with Crippen LogP contribution in [0.4, 0.5) is 5.69 Å². The van der Waals surface area contributed by atoms with Gasteiger partial charge in [-0.25, -0.2) is 0 Å². The zero-order chi connectivity index (χ0) is 22.1. The van der Waals surface area contributed by atoms with Crippen LogP contribution in [0.1, 0.15) is 36.0 Å². The molecule has 0 aromatic heterocycles. The van der Waals surface area contributed by atoms with Gasteiger partial charge in [0, 0.05) is 32.5 Å². The second kappa shape index (κ2) is 8.75. The molecular weight excluding hydrogens is 404 g/mol. The number of hydrogen-bond acceptors (Lipinski definition) is 5. The lowest BCUT2D eigenvalue weighted by molar-refractivity contribution is -0.187. The highest BCUT2D eigenvalue weighted by Gasteiger charge is 2.41. The number of fused-ring (bicyclic) bond motifs is 1. The Morgan fingerprint density at radius 3 is 2.41 bits per heavy atom. The number of carbonyl (C=O) groups excluding carboxylic acids is 1. The van der Waals surface area contributed by atoms with E-state index in [-0.39, 0.29) is 11.9 Å². The van der Waals surface area contributed by atoms with Gasteiger partial charge in [-0.15, -0.1) is 0 Å². The van der Waals surface area contributed by atoms with Gasteiger partial charge in [0.05, 0.1) is 31.4 Å². The van der Waals surface area contributed by atoms with Crippen LogP contribution in [0, 0.1) is 13.8 Å². The number of nitrogens with zero attached hydrogens (tertiary/aromatic N) is 2. The van der Waals surface area contributed by atoms with Gasteiger partial charge in [-0.3, -0.25) is 4.79 Å². The molecule has 32 heavy (non-hydrogen) atoms. The van der Waals surface area contributed by atoms with Crippen LogP contribution in [-0.2, 0) is 20.8 Å². The van der Waals surface area contributed by atoms with Crippen molar-refractivity contribution in [3.8, 4) is 5.75 Å². The number of likely N-dealkylation sites (tertiary alicyclic amines) is 1. The molecule has 3 aliphatic rings. The molecule has 3 heterocycles. The first kappa shape index (κ1) is 21.3. The number of anilines is 1. The Morgan fingerprint density at radius 2 is 1.69 bits per heavy atom. The summed E-state index contributed by atoms with van der Waals surface area (Å²) < 4.78 is 17.7. The molecule has 0 saturated carbocycles. The summed E-state index contributed by atoms with van der Waals surface area (Å²) in [5.41, 5.74) is 4.71. The minimum absolute atomic E-state index is 0.00567. The van der Waals surface area contributed by atoms with Crippen LogP contribution in [-0.4, -0.2) is 55.5 Å². The van der Waals surface area contributed by atoms with Gasteiger partial charge in [0.15, 0.2) is 5.79 Å². The lowest BCUT2D eigenvalue weighted by Crippen LogP contribution is -2.50. The van der Waals surface area contributed by atoms with Crippen molar-refractivity contribution in [3.05, 3.63) is 59.2 Å². The van der Waals surface area contributed by atoms with Crippen molar-refractivity contribution in [2.24, 2.45) is 0 Å². The average molecular weight is 437 g/mol. The Kier molecular flexibility index (Phi) is 5.82. The van der Waals surface area contributed by atoms with Crippen LogP contribution in [0.15, 0.2) is 42.5 Å². The number of hydrogen-bond donors (Lipinski definition) is 0. The summed E-state index contributed by atoms with van der Waals surface area (Å²) in [4.78, 5) is 17.5. The molecule has 6 nitrogen and oxygen atoms in total. The smallest absolute Gasteiger partial charge is 0.224 e. The Bertz CT molecular complexity index is 958. The molecule has 1 amide bonds. The molecular formula is C26H32N2O4. The summed E-state index contributed by atoms with van der Waals surface area (Å²) in [6, 6.07) is 14.9. The van der Waals surface area contributed by atoms with E-state index in [0.717, 1.165) is 30.8 Å². The van der Waals surface area contributed by atoms with Crippen LogP contribution >= 0.6 is 0 Å². The van der Waals surface area contributed by atoms with Crippen molar-refractivity contribution in [2.75, 3.05) is 37.8 Å². The molecule has 2 aromatic rings. The number of carbonyl (C=O) groups is 1. The fourth-order valence-electron chi connectivity index (χ4n) is 4.93. The molecule has 0 unspecified atom stereocenters. The lowest BCUT2D eigenvalue weighted by atomic mass is 10.0. The molecule has 6 heteroatoms. The van der Waals surface area contributed by atoms with Crippen molar-refractivity contribution >= 4 is 11.6 Å². The van der Waals surface area contributed by atoms with Crippen molar-refractivity contribution in [2.45, 2.75) is 51.5 Å². The van der Waals surface area contributed by atoms with Gasteiger partial charge in [0.25, 0.3) is 0 Å². The van der Waals surface area contributed by atoms with Crippen molar-refractivity contribution < 1.29 is 19.0 Å². The molecule has 2 saturated heterocycles. The quantitative estimate of drug-likeness (QED) is 0.729. The Balaban J connectivity index is 1.31. The van der Waals surface area contributed by atoms with E-state index in [1.54, 1.807) is 0 Å². The fourth-order valence-corrected chi connectivity index (χ4v) is 4.93. The first-order chi connectivity index (χ1) is 15.5. The summed E-state index contributed by atoms with van der Waals surface area (Å²) in [6.45, 7) is 8.11. The number of piperidine rings is 1. The van der Waals surface area contributed by atoms with E-state index in [1.165, 1.54) is 16.7 Å². The average Bonchev–Trinajstić information content (AvgIpc) is 3.25. The second-order valence-corrected chi connectivity index (χ2v) is 9.24. The maximum atomic E-state index is 13.2. The highest BCUT2D eigenvalue weighted by Crippen LogP contribution is 2.37. The third-order valence-electron chi connectivity index (χ3n) is 6.87. The monoisotopic (exact) mass is 436 g/mol. The van der Waals surface area contributed by atoms with Gasteiger partial charge in [-0.2, -0.15) is 0 Å². The SMILES string of the molecule is Cc1ccc(CN2c3ccc(C)cc3OC[C@H]2CC(=O)N2CCC3(CC2)OCCO3)cc1. The molecule has 1 atom stereocenters. The topological polar surface area (TPSA) is 51.2 Å². The Hall–Kier alpha value is -2.57. The van der Waals surface area contributed by atoms with Crippen LogP contribution in [0.25, 0.3) is 0 Å². The van der Waals surface area contributed by atoms with Gasteiger partial charge < -0.3 is 24.0 Å². The third kappa shape index (κ3) is 4.34. The van der Waals surface area contributed by atoms with E-state index >= 15 is 0 Å². The normalized spacial score (nSPS) is 22.0. The van der Waals surface area contributed by atoms with Crippen LogP contribution < -0.4 is 9.64 Å². The lowest BCUT2D eigenvalue weighted by Gasteiger charge is -2.41. The molecule has 0 bridgehead atoms. The summed E-state index contributed by atoms with van der Waals surface area (Å²) in [7, 11) is 0. The number of amides is 1. The molecule has 0 radical (unpaired) electrons. The van der Waals surface area contributed by atoms with Crippen LogP contribution in [0.2, 0.25) is 0 Å². The predicted molar refractivity (Wildman–Crippen MR) is 123 cm³/mol. The third-order valence-corrected chi connectivity index (χ3v) is 6.87. The van der Waals surface area contributed by atoms with E-state index in [4.69, 9.17) is 14.2 Å². The summed E-state index contributed by atoms with van der Waals surface area (Å²) in [6.07, 6.45) is 1.93. The molecule has 0 N–H and O–H groups in total. The van der Waals surface area contributed by atoms with Crippen LogP contribution in [0.3, 0.4) is 0 Å². The van der Waals surface area contributed by atoms with E-state index in [0.29, 0.717) is 39.3 Å². The fraction of sp³-hybridized carbons (Fsp3) is 0.500. The number of aryl methyl sites for hydroxylation is 2. The predicted octanol–water partition coefficient (Wildman–Crippen LogP) is 3.83. The highest BCUT2D eigenvalue weighted by atomic mass is 16.7. The first-order valence-corrected chi connectivity index (χ1v) is 11.6. The van der Waals surface area contributed by atoms with Crippen molar-refractivity contribution in [1.29, 1.82) is 0 Å². The Morgan fingerprint density at radius 1 is 1.00 bits per heavy atom. The first-order valence-electron chi connectivity index (χ1n) is 11.6. The molecule has 2 fully saturated rings. The number of rotatable bonds is 4. The summed E-state index contributed by atoms with van der Waals surface area (Å²) >= 11 is 0. The molecule has 1 spiro atoms. The minimum atomic E-state index is -0.459.